The number of esters is 2. The molecule has 1 rings (SSSR count). The topological polar surface area (TPSA) is 61.8 Å². The van der Waals surface area contributed by atoms with Crippen molar-refractivity contribution in [1.29, 1.82) is 0 Å². The fourth-order valence-electron chi connectivity index (χ4n) is 1.59. The molecule has 0 saturated heterocycles. The number of benzene rings is 1. The maximum Gasteiger partial charge on any atom is 0.343 e. The van der Waals surface area contributed by atoms with Crippen LogP contribution in [0.15, 0.2) is 48.8 Å². The SMILES string of the molecule is C=C(C)OC(=O)c1ccc(OCCCCOC(=O)C(=C)C)cc1. The zero-order valence-electron chi connectivity index (χ0n) is 13.6. The second-order valence-corrected chi connectivity index (χ2v) is 5.09. The number of hydrogen-bond acceptors (Lipinski definition) is 5. The third-order valence-corrected chi connectivity index (χ3v) is 2.75. The minimum absolute atomic E-state index is 0.348. The molecule has 1 aromatic carbocycles. The van der Waals surface area contributed by atoms with E-state index in [-0.39, 0.29) is 5.97 Å². The summed E-state index contributed by atoms with van der Waals surface area (Å²) in [6.45, 7) is 11.1. The molecular formula is C18H22O5. The highest BCUT2D eigenvalue weighted by molar-refractivity contribution is 5.90. The Morgan fingerprint density at radius 3 is 2.17 bits per heavy atom. The Labute approximate surface area is 136 Å². The standard InChI is InChI=1S/C18H22O5/c1-13(2)17(19)22-12-6-5-11-21-16-9-7-15(8-10-16)18(20)23-14(3)4/h7-10H,1,3,5-6,11-12H2,2,4H3. The number of unbranched alkanes of at least 4 members (excludes halogenated alkanes) is 1. The van der Waals surface area contributed by atoms with Crippen molar-refractivity contribution in [2.75, 3.05) is 13.2 Å². The first-order valence-corrected chi connectivity index (χ1v) is 7.33. The third-order valence-electron chi connectivity index (χ3n) is 2.75. The quantitative estimate of drug-likeness (QED) is 0.301. The van der Waals surface area contributed by atoms with Gasteiger partial charge in [0, 0.05) is 5.57 Å². The first-order chi connectivity index (χ1) is 10.9. The summed E-state index contributed by atoms with van der Waals surface area (Å²) < 4.78 is 15.4. The molecule has 0 radical (unpaired) electrons. The first-order valence-electron chi connectivity index (χ1n) is 7.33. The van der Waals surface area contributed by atoms with Crippen molar-refractivity contribution in [3.63, 3.8) is 0 Å². The van der Waals surface area contributed by atoms with E-state index in [1.807, 2.05) is 0 Å². The summed E-state index contributed by atoms with van der Waals surface area (Å²) in [6.07, 6.45) is 1.46. The smallest absolute Gasteiger partial charge is 0.343 e. The average molecular weight is 318 g/mol. The Hall–Kier alpha value is -2.56. The molecule has 0 saturated carbocycles. The number of hydrogen-bond donors (Lipinski definition) is 0. The van der Waals surface area contributed by atoms with Crippen molar-refractivity contribution in [2.24, 2.45) is 0 Å². The van der Waals surface area contributed by atoms with E-state index in [9.17, 15) is 9.59 Å². The lowest BCUT2D eigenvalue weighted by atomic mass is 10.2. The fraction of sp³-hybridized carbons (Fsp3) is 0.333. The van der Waals surface area contributed by atoms with Crippen molar-refractivity contribution < 1.29 is 23.8 Å². The van der Waals surface area contributed by atoms with E-state index >= 15 is 0 Å². The molecule has 0 amide bonds. The number of ether oxygens (including phenoxy) is 3. The Morgan fingerprint density at radius 2 is 1.61 bits per heavy atom. The largest absolute Gasteiger partial charge is 0.494 e. The van der Waals surface area contributed by atoms with Crippen molar-refractivity contribution in [3.8, 4) is 5.75 Å². The molecule has 1 aromatic rings. The van der Waals surface area contributed by atoms with Crippen molar-refractivity contribution in [1.82, 2.24) is 0 Å². The zero-order valence-corrected chi connectivity index (χ0v) is 13.6. The Bertz CT molecular complexity index is 572. The van der Waals surface area contributed by atoms with Crippen LogP contribution >= 0.6 is 0 Å². The first kappa shape index (κ1) is 18.5. The number of rotatable bonds is 9. The summed E-state index contributed by atoms with van der Waals surface area (Å²) in [5.41, 5.74) is 0.832. The predicted molar refractivity (Wildman–Crippen MR) is 87.2 cm³/mol. The van der Waals surface area contributed by atoms with Gasteiger partial charge in [0.15, 0.2) is 0 Å². The highest BCUT2D eigenvalue weighted by Crippen LogP contribution is 2.14. The molecule has 5 heteroatoms. The highest BCUT2D eigenvalue weighted by Gasteiger charge is 2.07. The highest BCUT2D eigenvalue weighted by atomic mass is 16.5. The second kappa shape index (κ2) is 9.46. The Balaban J connectivity index is 2.26. The summed E-state index contributed by atoms with van der Waals surface area (Å²) in [5, 5.41) is 0. The molecule has 23 heavy (non-hydrogen) atoms. The summed E-state index contributed by atoms with van der Waals surface area (Å²) in [6, 6.07) is 6.68. The predicted octanol–water partition coefficient (Wildman–Crippen LogP) is 3.66. The summed E-state index contributed by atoms with van der Waals surface area (Å²) in [4.78, 5) is 22.8. The molecule has 0 aliphatic carbocycles. The van der Waals surface area contributed by atoms with Gasteiger partial charge in [0.1, 0.15) is 5.75 Å². The van der Waals surface area contributed by atoms with Crippen LogP contribution < -0.4 is 4.74 Å². The average Bonchev–Trinajstić information content (AvgIpc) is 2.50. The molecule has 0 unspecified atom stereocenters. The molecule has 0 aromatic heterocycles. The number of carbonyl (C=O) groups excluding carboxylic acids is 2. The van der Waals surface area contributed by atoms with E-state index in [1.165, 1.54) is 0 Å². The molecule has 0 N–H and O–H groups in total. The van der Waals surface area contributed by atoms with Gasteiger partial charge in [-0.15, -0.1) is 0 Å². The molecule has 0 bridgehead atoms. The van der Waals surface area contributed by atoms with Gasteiger partial charge >= 0.3 is 11.9 Å². The van der Waals surface area contributed by atoms with E-state index in [1.54, 1.807) is 38.1 Å². The van der Waals surface area contributed by atoms with Crippen LogP contribution in [-0.4, -0.2) is 25.2 Å². The van der Waals surface area contributed by atoms with Gasteiger partial charge in [-0.1, -0.05) is 13.2 Å². The lowest BCUT2D eigenvalue weighted by Gasteiger charge is -2.08. The molecule has 0 atom stereocenters. The molecule has 0 aliphatic rings. The van der Waals surface area contributed by atoms with E-state index in [0.717, 1.165) is 6.42 Å². The molecule has 0 fully saturated rings. The van der Waals surface area contributed by atoms with Gasteiger partial charge < -0.3 is 14.2 Å². The van der Waals surface area contributed by atoms with Crippen LogP contribution in [0, 0.1) is 0 Å². The van der Waals surface area contributed by atoms with Gasteiger partial charge in [0.25, 0.3) is 0 Å². The van der Waals surface area contributed by atoms with Gasteiger partial charge in [-0.05, 0) is 51.0 Å². The fourth-order valence-corrected chi connectivity index (χ4v) is 1.59. The van der Waals surface area contributed by atoms with E-state index in [2.05, 4.69) is 13.2 Å². The van der Waals surface area contributed by atoms with E-state index in [0.29, 0.717) is 42.3 Å². The van der Waals surface area contributed by atoms with Gasteiger partial charge in [-0.2, -0.15) is 0 Å². The van der Waals surface area contributed by atoms with Gasteiger partial charge in [0.05, 0.1) is 24.5 Å². The van der Waals surface area contributed by atoms with E-state index < -0.39 is 5.97 Å². The van der Waals surface area contributed by atoms with Crippen LogP contribution in [0.3, 0.4) is 0 Å². The minimum atomic E-state index is -0.441. The molecule has 5 nitrogen and oxygen atoms in total. The van der Waals surface area contributed by atoms with Gasteiger partial charge in [-0.25, -0.2) is 9.59 Å². The Morgan fingerprint density at radius 1 is 1.00 bits per heavy atom. The molecule has 0 spiro atoms. The van der Waals surface area contributed by atoms with Crippen LogP contribution in [0.4, 0.5) is 0 Å². The molecular weight excluding hydrogens is 296 g/mol. The van der Waals surface area contributed by atoms with Crippen LogP contribution in [0.25, 0.3) is 0 Å². The number of allylic oxidation sites excluding steroid dienone is 1. The second-order valence-electron chi connectivity index (χ2n) is 5.09. The van der Waals surface area contributed by atoms with Crippen LogP contribution in [-0.2, 0) is 14.3 Å². The summed E-state index contributed by atoms with van der Waals surface area (Å²) in [7, 11) is 0. The van der Waals surface area contributed by atoms with Gasteiger partial charge in [0.2, 0.25) is 0 Å². The van der Waals surface area contributed by atoms with Crippen molar-refractivity contribution in [2.45, 2.75) is 26.7 Å². The zero-order chi connectivity index (χ0) is 17.2. The molecule has 0 aliphatic heterocycles. The van der Waals surface area contributed by atoms with Crippen LogP contribution in [0.2, 0.25) is 0 Å². The maximum absolute atomic E-state index is 11.6. The van der Waals surface area contributed by atoms with Gasteiger partial charge in [-0.3, -0.25) is 0 Å². The molecule has 0 heterocycles. The maximum atomic E-state index is 11.6. The normalized spacial score (nSPS) is 9.83. The Kier molecular flexibility index (Phi) is 7.60. The van der Waals surface area contributed by atoms with Crippen molar-refractivity contribution >= 4 is 11.9 Å². The summed E-state index contributed by atoms with van der Waals surface area (Å²) >= 11 is 0. The summed E-state index contributed by atoms with van der Waals surface area (Å²) in [5.74, 6) is 0.199. The third kappa shape index (κ3) is 7.31. The lowest BCUT2D eigenvalue weighted by Crippen LogP contribution is -2.07. The monoisotopic (exact) mass is 318 g/mol. The van der Waals surface area contributed by atoms with Crippen molar-refractivity contribution in [3.05, 3.63) is 54.3 Å². The van der Waals surface area contributed by atoms with E-state index in [4.69, 9.17) is 14.2 Å². The lowest BCUT2D eigenvalue weighted by molar-refractivity contribution is -0.139. The number of carbonyl (C=O) groups is 2. The van der Waals surface area contributed by atoms with Crippen LogP contribution in [0.1, 0.15) is 37.0 Å². The van der Waals surface area contributed by atoms with Crippen LogP contribution in [0.5, 0.6) is 5.75 Å². The molecule has 124 valence electrons. The minimum Gasteiger partial charge on any atom is -0.494 e.